The van der Waals surface area contributed by atoms with Crippen molar-refractivity contribution in [3.8, 4) is 11.4 Å². The Labute approximate surface area is 160 Å². The van der Waals surface area contributed by atoms with Crippen LogP contribution in [0, 0.1) is 6.92 Å². The van der Waals surface area contributed by atoms with E-state index in [0.29, 0.717) is 6.04 Å². The molecule has 5 nitrogen and oxygen atoms in total. The number of halogens is 1. The fourth-order valence-corrected chi connectivity index (χ4v) is 3.82. The fourth-order valence-electron chi connectivity index (χ4n) is 3.82. The van der Waals surface area contributed by atoms with Crippen molar-refractivity contribution in [2.45, 2.75) is 26.3 Å². The summed E-state index contributed by atoms with van der Waals surface area (Å²) in [4.78, 5) is 10.6. The number of rotatable bonds is 5. The van der Waals surface area contributed by atoms with Crippen LogP contribution in [-0.2, 0) is 4.74 Å². The maximum atomic E-state index is 5.48. The molecule has 140 valence electrons. The molecule has 2 aromatic heterocycles. The zero-order valence-electron chi connectivity index (χ0n) is 15.4. The van der Waals surface area contributed by atoms with Crippen molar-refractivity contribution < 1.29 is 4.74 Å². The first-order valence-corrected chi connectivity index (χ1v) is 9.17. The van der Waals surface area contributed by atoms with Gasteiger partial charge in [-0.1, -0.05) is 25.1 Å². The molecule has 0 radical (unpaired) electrons. The maximum Gasteiger partial charge on any atom is 0.0954 e. The van der Waals surface area contributed by atoms with E-state index in [4.69, 9.17) is 4.74 Å². The number of nitrogens with zero attached hydrogens (tertiary/aromatic N) is 3. The molecule has 4 rings (SSSR count). The molecule has 0 amide bonds. The van der Waals surface area contributed by atoms with Crippen LogP contribution in [0.3, 0.4) is 0 Å². The monoisotopic (exact) mass is 374 g/mol. The number of imidazole rings is 1. The van der Waals surface area contributed by atoms with E-state index in [9.17, 15) is 0 Å². The summed E-state index contributed by atoms with van der Waals surface area (Å²) in [5, 5.41) is 1.28. The van der Waals surface area contributed by atoms with Gasteiger partial charge in [0.25, 0.3) is 0 Å². The van der Waals surface area contributed by atoms with E-state index >= 15 is 0 Å². The summed E-state index contributed by atoms with van der Waals surface area (Å²) in [6.45, 7) is 9.21. The Morgan fingerprint density at radius 1 is 1.23 bits per heavy atom. The lowest BCUT2D eigenvalue weighted by molar-refractivity contribution is 0.0313. The number of aryl methyl sites for hydroxylation is 1. The highest BCUT2D eigenvalue weighted by Crippen LogP contribution is 2.31. The first kappa shape index (κ1) is 19.0. The van der Waals surface area contributed by atoms with Crippen LogP contribution < -0.4 is 0 Å². The van der Waals surface area contributed by atoms with Crippen LogP contribution in [0.4, 0.5) is 0 Å². The quantitative estimate of drug-likeness (QED) is 0.733. The Kier molecular flexibility index (Phi) is 6.01. The summed E-state index contributed by atoms with van der Waals surface area (Å²) in [6, 6.07) is 8.90. The Morgan fingerprint density at radius 2 is 2.00 bits per heavy atom. The van der Waals surface area contributed by atoms with Gasteiger partial charge in [-0.05, 0) is 25.0 Å². The van der Waals surface area contributed by atoms with Crippen molar-refractivity contribution in [1.29, 1.82) is 0 Å². The van der Waals surface area contributed by atoms with Gasteiger partial charge in [-0.3, -0.25) is 4.90 Å². The highest BCUT2D eigenvalue weighted by atomic mass is 35.5. The third-order valence-electron chi connectivity index (χ3n) is 5.33. The highest BCUT2D eigenvalue weighted by Gasteiger charge is 2.21. The van der Waals surface area contributed by atoms with E-state index in [2.05, 4.69) is 57.5 Å². The van der Waals surface area contributed by atoms with Gasteiger partial charge in [0, 0.05) is 36.6 Å². The lowest BCUT2D eigenvalue weighted by Gasteiger charge is -2.31. The van der Waals surface area contributed by atoms with Crippen LogP contribution in [0.2, 0.25) is 0 Å². The topological polar surface area (TPSA) is 46.1 Å². The highest BCUT2D eigenvalue weighted by molar-refractivity contribution is 5.89. The molecule has 0 spiro atoms. The van der Waals surface area contributed by atoms with E-state index in [1.807, 2.05) is 12.5 Å². The van der Waals surface area contributed by atoms with E-state index < -0.39 is 0 Å². The molecule has 0 saturated carbocycles. The molecule has 0 bridgehead atoms. The zero-order valence-corrected chi connectivity index (χ0v) is 16.3. The molecule has 1 aliphatic rings. The minimum atomic E-state index is 0. The Hall–Kier alpha value is -1.82. The molecule has 3 heterocycles. The lowest BCUT2D eigenvalue weighted by atomic mass is 10.1. The number of morpholine rings is 1. The first-order chi connectivity index (χ1) is 12.3. The normalized spacial score (nSPS) is 16.5. The second-order valence-corrected chi connectivity index (χ2v) is 6.83. The number of hydrogen-bond donors (Lipinski definition) is 1. The average molecular weight is 375 g/mol. The molecule has 1 N–H and O–H groups in total. The number of hydrogen-bond acceptors (Lipinski definition) is 3. The smallest absolute Gasteiger partial charge is 0.0954 e. The molecule has 1 atom stereocenters. The van der Waals surface area contributed by atoms with Gasteiger partial charge < -0.3 is 14.3 Å². The van der Waals surface area contributed by atoms with E-state index in [1.54, 1.807) is 0 Å². The number of para-hydroxylation sites is 1. The maximum absolute atomic E-state index is 5.48. The molecule has 1 aliphatic heterocycles. The number of aromatic nitrogens is 3. The van der Waals surface area contributed by atoms with Crippen LogP contribution >= 0.6 is 12.4 Å². The van der Waals surface area contributed by atoms with Gasteiger partial charge in [-0.25, -0.2) is 4.98 Å². The summed E-state index contributed by atoms with van der Waals surface area (Å²) in [5.74, 6) is 0. The Morgan fingerprint density at radius 3 is 2.73 bits per heavy atom. The lowest BCUT2D eigenvalue weighted by Crippen LogP contribution is -2.39. The predicted octanol–water partition coefficient (Wildman–Crippen LogP) is 4.04. The van der Waals surface area contributed by atoms with Crippen molar-refractivity contribution in [3.63, 3.8) is 0 Å². The summed E-state index contributed by atoms with van der Waals surface area (Å²) >= 11 is 0. The number of fused-ring (bicyclic) bond motifs is 1. The fraction of sp³-hybridized carbons (Fsp3) is 0.450. The van der Waals surface area contributed by atoms with Gasteiger partial charge in [0.1, 0.15) is 0 Å². The second-order valence-electron chi connectivity index (χ2n) is 6.83. The molecule has 1 aromatic carbocycles. The molecular formula is C20H27ClN4O. The number of benzene rings is 1. The summed E-state index contributed by atoms with van der Waals surface area (Å²) in [7, 11) is 0. The molecule has 26 heavy (non-hydrogen) atoms. The second kappa shape index (κ2) is 8.25. The molecule has 1 saturated heterocycles. The van der Waals surface area contributed by atoms with Crippen molar-refractivity contribution >= 4 is 23.3 Å². The minimum absolute atomic E-state index is 0. The van der Waals surface area contributed by atoms with Crippen molar-refractivity contribution in [2.24, 2.45) is 0 Å². The summed E-state index contributed by atoms with van der Waals surface area (Å²) in [5.41, 5.74) is 4.83. The number of aromatic amines is 1. The summed E-state index contributed by atoms with van der Waals surface area (Å²) in [6.07, 6.45) is 5.05. The van der Waals surface area contributed by atoms with E-state index in [-0.39, 0.29) is 12.4 Å². The van der Waals surface area contributed by atoms with Gasteiger partial charge in [0.2, 0.25) is 0 Å². The SMILES string of the molecule is CCC(CN1CCOCC1)n1cncc1-c1[nH]c2ccccc2c1C.Cl. The van der Waals surface area contributed by atoms with E-state index in [1.165, 1.54) is 27.9 Å². The van der Waals surface area contributed by atoms with Gasteiger partial charge in [0.05, 0.1) is 37.1 Å². The van der Waals surface area contributed by atoms with Gasteiger partial charge >= 0.3 is 0 Å². The largest absolute Gasteiger partial charge is 0.379 e. The van der Waals surface area contributed by atoms with Crippen LogP contribution in [0.5, 0.6) is 0 Å². The van der Waals surface area contributed by atoms with Gasteiger partial charge in [-0.2, -0.15) is 0 Å². The van der Waals surface area contributed by atoms with Crippen LogP contribution in [-0.4, -0.2) is 52.3 Å². The molecule has 1 unspecified atom stereocenters. The third-order valence-corrected chi connectivity index (χ3v) is 5.33. The average Bonchev–Trinajstić information content (AvgIpc) is 3.25. The molecule has 1 fully saturated rings. The predicted molar refractivity (Wildman–Crippen MR) is 108 cm³/mol. The van der Waals surface area contributed by atoms with E-state index in [0.717, 1.165) is 39.3 Å². The standard InChI is InChI=1S/C20H26N4O.ClH/c1-3-16(13-23-8-10-25-11-9-23)24-14-21-12-19(24)20-15(2)17-6-4-5-7-18(17)22-20;/h4-7,12,14,16,22H,3,8-11,13H2,1-2H3;1H. The van der Waals surface area contributed by atoms with Crippen LogP contribution in [0.1, 0.15) is 24.9 Å². The van der Waals surface area contributed by atoms with Crippen molar-refractivity contribution in [3.05, 3.63) is 42.4 Å². The molecule has 6 heteroatoms. The van der Waals surface area contributed by atoms with Gasteiger partial charge in [0.15, 0.2) is 0 Å². The Balaban J connectivity index is 0.00000196. The summed E-state index contributed by atoms with van der Waals surface area (Å²) < 4.78 is 7.82. The van der Waals surface area contributed by atoms with Gasteiger partial charge in [-0.15, -0.1) is 12.4 Å². The van der Waals surface area contributed by atoms with Crippen molar-refractivity contribution in [2.75, 3.05) is 32.8 Å². The third kappa shape index (κ3) is 3.52. The molecule has 3 aromatic rings. The van der Waals surface area contributed by atoms with Crippen molar-refractivity contribution in [1.82, 2.24) is 19.4 Å². The minimum Gasteiger partial charge on any atom is -0.379 e. The molecular weight excluding hydrogens is 348 g/mol. The number of nitrogens with one attached hydrogen (secondary N) is 1. The zero-order chi connectivity index (χ0) is 17.2. The number of ether oxygens (including phenoxy) is 1. The first-order valence-electron chi connectivity index (χ1n) is 9.17. The van der Waals surface area contributed by atoms with Crippen LogP contribution in [0.15, 0.2) is 36.8 Å². The van der Waals surface area contributed by atoms with Crippen LogP contribution in [0.25, 0.3) is 22.3 Å². The number of H-pyrrole nitrogens is 1. The Bertz CT molecular complexity index is 850. The molecule has 0 aliphatic carbocycles.